The molecule has 0 spiro atoms. The fourth-order valence-electron chi connectivity index (χ4n) is 2.37. The number of para-hydroxylation sites is 1. The van der Waals surface area contributed by atoms with Crippen LogP contribution in [0.1, 0.15) is 5.56 Å². The van der Waals surface area contributed by atoms with Gasteiger partial charge in [0.15, 0.2) is 0 Å². The fourth-order valence-corrected chi connectivity index (χ4v) is 3.23. The van der Waals surface area contributed by atoms with Gasteiger partial charge in [-0.05, 0) is 24.3 Å². The first kappa shape index (κ1) is 18.1. The molecule has 3 rings (SSSR count). The van der Waals surface area contributed by atoms with Gasteiger partial charge in [0.2, 0.25) is 5.91 Å². The number of rotatable bonds is 6. The molecule has 7 heteroatoms. The van der Waals surface area contributed by atoms with Gasteiger partial charge in [-0.15, -0.1) is 11.8 Å². The van der Waals surface area contributed by atoms with E-state index in [9.17, 15) is 13.6 Å². The topological polar surface area (TPSA) is 38.1 Å². The molecule has 0 aliphatic rings. The molecular weight excluding hydrogens is 356 g/mol. The Morgan fingerprint density at radius 1 is 1.19 bits per heavy atom. The predicted molar refractivity (Wildman–Crippen MR) is 97.1 cm³/mol. The molecule has 0 aliphatic carbocycles. The van der Waals surface area contributed by atoms with E-state index in [-0.39, 0.29) is 16.6 Å². The third-order valence-corrected chi connectivity index (χ3v) is 4.78. The van der Waals surface area contributed by atoms with E-state index in [0.29, 0.717) is 6.54 Å². The normalized spacial score (nSPS) is 10.7. The zero-order valence-electron chi connectivity index (χ0n) is 14.1. The molecule has 1 heterocycles. The maximum Gasteiger partial charge on any atom is 0.232 e. The molecule has 0 saturated carbocycles. The molecule has 1 amide bonds. The van der Waals surface area contributed by atoms with Gasteiger partial charge in [0.1, 0.15) is 11.6 Å². The Kier molecular flexibility index (Phi) is 5.68. The van der Waals surface area contributed by atoms with E-state index < -0.39 is 11.6 Å². The molecule has 0 unspecified atom stereocenters. The lowest BCUT2D eigenvalue weighted by atomic mass is 10.3. The average molecular weight is 373 g/mol. The van der Waals surface area contributed by atoms with Gasteiger partial charge >= 0.3 is 0 Å². The van der Waals surface area contributed by atoms with Gasteiger partial charge in [0, 0.05) is 36.3 Å². The van der Waals surface area contributed by atoms with E-state index in [0.717, 1.165) is 29.1 Å². The number of amides is 1. The fraction of sp³-hybridized carbons (Fsp3) is 0.158. The van der Waals surface area contributed by atoms with Crippen LogP contribution in [0.2, 0.25) is 0 Å². The molecule has 0 aliphatic heterocycles. The van der Waals surface area contributed by atoms with Crippen molar-refractivity contribution in [3.8, 4) is 5.69 Å². The van der Waals surface area contributed by atoms with Gasteiger partial charge in [0.05, 0.1) is 17.6 Å². The van der Waals surface area contributed by atoms with Crippen molar-refractivity contribution in [2.75, 3.05) is 12.8 Å². The van der Waals surface area contributed by atoms with E-state index >= 15 is 0 Å². The summed E-state index contributed by atoms with van der Waals surface area (Å²) in [6.07, 6.45) is 3.58. The Balaban J connectivity index is 1.57. The lowest BCUT2D eigenvalue weighted by Crippen LogP contribution is -2.27. The van der Waals surface area contributed by atoms with Crippen LogP contribution in [-0.2, 0) is 11.3 Å². The lowest BCUT2D eigenvalue weighted by Gasteiger charge is -2.16. The highest BCUT2D eigenvalue weighted by Crippen LogP contribution is 2.22. The first-order valence-corrected chi connectivity index (χ1v) is 8.92. The van der Waals surface area contributed by atoms with E-state index in [4.69, 9.17) is 0 Å². The van der Waals surface area contributed by atoms with Crippen molar-refractivity contribution in [3.63, 3.8) is 0 Å². The predicted octanol–water partition coefficient (Wildman–Crippen LogP) is 3.90. The molecule has 0 fully saturated rings. The van der Waals surface area contributed by atoms with Crippen LogP contribution >= 0.6 is 11.8 Å². The minimum absolute atomic E-state index is 0.0753. The summed E-state index contributed by atoms with van der Waals surface area (Å²) in [7, 11) is 1.68. The van der Waals surface area contributed by atoms with Crippen molar-refractivity contribution in [1.82, 2.24) is 14.7 Å². The summed E-state index contributed by atoms with van der Waals surface area (Å²) in [6.45, 7) is 0.401. The van der Waals surface area contributed by atoms with Gasteiger partial charge in [-0.25, -0.2) is 13.5 Å². The molecule has 2 aromatic carbocycles. The number of halogens is 2. The molecule has 0 N–H and O–H groups in total. The van der Waals surface area contributed by atoms with Gasteiger partial charge in [-0.1, -0.05) is 18.2 Å². The molecule has 0 atom stereocenters. The molecule has 0 bridgehead atoms. The first-order valence-electron chi connectivity index (χ1n) is 7.94. The summed E-state index contributed by atoms with van der Waals surface area (Å²) >= 11 is 1.05. The van der Waals surface area contributed by atoms with Gasteiger partial charge in [0.25, 0.3) is 0 Å². The summed E-state index contributed by atoms with van der Waals surface area (Å²) in [4.78, 5) is 14.1. The highest BCUT2D eigenvalue weighted by Gasteiger charge is 2.13. The van der Waals surface area contributed by atoms with Crippen LogP contribution in [-0.4, -0.2) is 33.4 Å². The van der Waals surface area contributed by atoms with E-state index in [1.807, 2.05) is 36.5 Å². The van der Waals surface area contributed by atoms with Crippen molar-refractivity contribution in [2.45, 2.75) is 11.4 Å². The second-order valence-electron chi connectivity index (χ2n) is 5.74. The van der Waals surface area contributed by atoms with Crippen LogP contribution in [0.4, 0.5) is 8.78 Å². The third kappa shape index (κ3) is 4.49. The van der Waals surface area contributed by atoms with Crippen molar-refractivity contribution in [3.05, 3.63) is 78.1 Å². The van der Waals surface area contributed by atoms with Crippen LogP contribution < -0.4 is 0 Å². The largest absolute Gasteiger partial charge is 0.341 e. The van der Waals surface area contributed by atoms with Gasteiger partial charge < -0.3 is 4.90 Å². The summed E-state index contributed by atoms with van der Waals surface area (Å²) < 4.78 is 28.3. The van der Waals surface area contributed by atoms with E-state index in [1.54, 1.807) is 22.8 Å². The second-order valence-corrected chi connectivity index (χ2v) is 6.76. The van der Waals surface area contributed by atoms with Crippen LogP contribution in [0.5, 0.6) is 0 Å². The third-order valence-electron chi connectivity index (χ3n) is 3.75. The minimum atomic E-state index is -0.658. The molecule has 26 heavy (non-hydrogen) atoms. The number of carbonyl (C=O) groups excluding carboxylic acids is 1. The smallest absolute Gasteiger partial charge is 0.232 e. The molecular formula is C19H17F2N3OS. The quantitative estimate of drug-likeness (QED) is 0.615. The molecule has 1 aromatic heterocycles. The molecule has 0 saturated heterocycles. The number of aromatic nitrogens is 2. The Hall–Kier alpha value is -2.67. The maximum atomic E-state index is 13.6. The van der Waals surface area contributed by atoms with E-state index in [2.05, 4.69) is 5.10 Å². The Morgan fingerprint density at radius 3 is 2.69 bits per heavy atom. The van der Waals surface area contributed by atoms with Gasteiger partial charge in [-0.3, -0.25) is 4.79 Å². The van der Waals surface area contributed by atoms with E-state index in [1.165, 1.54) is 12.1 Å². The Bertz CT molecular complexity index is 899. The lowest BCUT2D eigenvalue weighted by molar-refractivity contribution is -0.127. The number of nitrogens with zero attached hydrogens (tertiary/aromatic N) is 3. The Morgan fingerprint density at radius 2 is 1.96 bits per heavy atom. The number of benzene rings is 2. The zero-order chi connectivity index (χ0) is 18.5. The molecule has 0 radical (unpaired) electrons. The Labute approximate surface area is 154 Å². The zero-order valence-corrected chi connectivity index (χ0v) is 14.9. The van der Waals surface area contributed by atoms with Crippen LogP contribution in [0.3, 0.4) is 0 Å². The highest BCUT2D eigenvalue weighted by molar-refractivity contribution is 8.00. The first-order chi connectivity index (χ1) is 12.5. The maximum absolute atomic E-state index is 13.6. The molecule has 4 nitrogen and oxygen atoms in total. The second kappa shape index (κ2) is 8.14. The standard InChI is InChI=1S/C19H17F2N3OS/c1-23(19(25)13-26-18-8-7-15(20)9-17(18)21)11-14-10-22-24(12-14)16-5-3-2-4-6-16/h2-10,12H,11,13H2,1H3. The molecule has 134 valence electrons. The van der Waals surface area contributed by atoms with Crippen molar-refractivity contribution < 1.29 is 13.6 Å². The number of thioether (sulfide) groups is 1. The van der Waals surface area contributed by atoms with Crippen molar-refractivity contribution in [1.29, 1.82) is 0 Å². The summed E-state index contributed by atoms with van der Waals surface area (Å²) in [6, 6.07) is 13.0. The summed E-state index contributed by atoms with van der Waals surface area (Å²) in [5, 5.41) is 4.30. The van der Waals surface area contributed by atoms with Crippen LogP contribution in [0, 0.1) is 11.6 Å². The summed E-state index contributed by atoms with van der Waals surface area (Å²) in [5.41, 5.74) is 1.83. The van der Waals surface area contributed by atoms with Crippen molar-refractivity contribution in [2.24, 2.45) is 0 Å². The number of hydrogen-bond donors (Lipinski definition) is 0. The van der Waals surface area contributed by atoms with Crippen LogP contribution in [0.25, 0.3) is 5.69 Å². The van der Waals surface area contributed by atoms with Crippen LogP contribution in [0.15, 0.2) is 65.8 Å². The van der Waals surface area contributed by atoms with Crippen molar-refractivity contribution >= 4 is 17.7 Å². The average Bonchev–Trinajstić information content (AvgIpc) is 3.10. The number of carbonyl (C=O) groups is 1. The molecule has 3 aromatic rings. The van der Waals surface area contributed by atoms with Gasteiger partial charge in [-0.2, -0.15) is 5.10 Å². The SMILES string of the molecule is CN(Cc1cnn(-c2ccccc2)c1)C(=O)CSc1ccc(F)cc1F. The minimum Gasteiger partial charge on any atom is -0.341 e. The number of hydrogen-bond acceptors (Lipinski definition) is 3. The summed E-state index contributed by atoms with van der Waals surface area (Å²) in [5.74, 6) is -1.36. The monoisotopic (exact) mass is 373 g/mol. The highest BCUT2D eigenvalue weighted by atomic mass is 32.2.